The zero-order chi connectivity index (χ0) is 26.1. The lowest BCUT2D eigenvalue weighted by molar-refractivity contribution is -0.115. The SMILES string of the molecule is CC(Sc1cccc(NC(=O)N2c3ccccc3SC3C=CC=CC32)c1)C(=O)Nc1ccc2c(c1)OCO2. The number of carbonyl (C=O) groups is 2. The van der Waals surface area contributed by atoms with Crippen LogP contribution < -0.4 is 25.0 Å². The van der Waals surface area contributed by atoms with Crippen LogP contribution in [0.3, 0.4) is 0 Å². The first-order valence-corrected chi connectivity index (χ1v) is 14.0. The average Bonchev–Trinajstić information content (AvgIpc) is 3.40. The third-order valence-corrected chi connectivity index (χ3v) is 8.77. The Morgan fingerprint density at radius 3 is 2.68 bits per heavy atom. The quantitative estimate of drug-likeness (QED) is 0.356. The van der Waals surface area contributed by atoms with Crippen molar-refractivity contribution in [1.82, 2.24) is 0 Å². The van der Waals surface area contributed by atoms with Gasteiger partial charge in [0.2, 0.25) is 12.7 Å². The van der Waals surface area contributed by atoms with Crippen molar-refractivity contribution in [2.45, 2.75) is 33.3 Å². The van der Waals surface area contributed by atoms with Gasteiger partial charge in [0.1, 0.15) is 0 Å². The third kappa shape index (κ3) is 4.99. The second kappa shape index (κ2) is 10.5. The maximum atomic E-state index is 13.6. The molecule has 9 heteroatoms. The van der Waals surface area contributed by atoms with Gasteiger partial charge in [-0.25, -0.2) is 4.79 Å². The summed E-state index contributed by atoms with van der Waals surface area (Å²) >= 11 is 3.20. The maximum absolute atomic E-state index is 13.6. The van der Waals surface area contributed by atoms with Gasteiger partial charge >= 0.3 is 6.03 Å². The fraction of sp³-hybridized carbons (Fsp3) is 0.172. The van der Waals surface area contributed by atoms with Crippen molar-refractivity contribution in [3.8, 4) is 11.5 Å². The molecule has 38 heavy (non-hydrogen) atoms. The monoisotopic (exact) mass is 543 g/mol. The van der Waals surface area contributed by atoms with E-state index in [4.69, 9.17) is 9.47 Å². The molecule has 0 bridgehead atoms. The van der Waals surface area contributed by atoms with Gasteiger partial charge in [-0.2, -0.15) is 0 Å². The number of anilines is 3. The molecule has 0 saturated carbocycles. The van der Waals surface area contributed by atoms with Crippen molar-refractivity contribution < 1.29 is 19.1 Å². The highest BCUT2D eigenvalue weighted by atomic mass is 32.2. The van der Waals surface area contributed by atoms with Crippen molar-refractivity contribution in [3.63, 3.8) is 0 Å². The molecular weight excluding hydrogens is 518 g/mol. The molecular formula is C29H25N3O4S2. The number of allylic oxidation sites excluding steroid dienone is 2. The Morgan fingerprint density at radius 2 is 1.76 bits per heavy atom. The van der Waals surface area contributed by atoms with E-state index in [1.807, 2.05) is 66.4 Å². The normalized spacial score (nSPS) is 19.3. The number of amides is 3. The number of benzene rings is 3. The minimum Gasteiger partial charge on any atom is -0.454 e. The van der Waals surface area contributed by atoms with E-state index >= 15 is 0 Å². The van der Waals surface area contributed by atoms with E-state index in [0.29, 0.717) is 22.9 Å². The van der Waals surface area contributed by atoms with Crippen LogP contribution in [0.5, 0.6) is 11.5 Å². The molecule has 6 rings (SSSR count). The van der Waals surface area contributed by atoms with Gasteiger partial charge in [0.05, 0.1) is 22.2 Å². The van der Waals surface area contributed by atoms with Gasteiger partial charge in [0, 0.05) is 27.2 Å². The Hall–Kier alpha value is -3.82. The summed E-state index contributed by atoms with van der Waals surface area (Å²) in [5, 5.41) is 5.80. The van der Waals surface area contributed by atoms with Crippen LogP contribution in [0.15, 0.2) is 101 Å². The number of nitrogens with zero attached hydrogens (tertiary/aromatic N) is 1. The maximum Gasteiger partial charge on any atom is 0.326 e. The molecule has 3 atom stereocenters. The standard InChI is InChI=1S/C29H25N3O4S2/c1-18(28(33)30-20-13-14-24-25(16-20)36-17-35-24)37-21-8-6-7-19(15-21)31-29(34)32-22-9-2-4-11-26(22)38-27-12-5-3-10-23(27)32/h2-16,18,22,26H,17H2,1H3,(H,30,33)(H,31,34). The summed E-state index contributed by atoms with van der Waals surface area (Å²) < 4.78 is 10.7. The Labute approximate surface area is 229 Å². The van der Waals surface area contributed by atoms with Gasteiger partial charge in [-0.15, -0.1) is 23.5 Å². The van der Waals surface area contributed by atoms with E-state index in [1.54, 1.807) is 30.0 Å². The van der Waals surface area contributed by atoms with Crippen LogP contribution in [0.1, 0.15) is 6.92 Å². The number of fused-ring (bicyclic) bond motifs is 3. The molecule has 3 aromatic rings. The Morgan fingerprint density at radius 1 is 0.947 bits per heavy atom. The molecule has 0 aromatic heterocycles. The summed E-state index contributed by atoms with van der Waals surface area (Å²) in [6, 6.07) is 20.6. The molecule has 0 saturated heterocycles. The third-order valence-electron chi connectivity index (χ3n) is 6.37. The van der Waals surface area contributed by atoms with Gasteiger partial charge in [-0.1, -0.05) is 42.5 Å². The summed E-state index contributed by atoms with van der Waals surface area (Å²) in [5.74, 6) is 1.16. The average molecular weight is 544 g/mol. The van der Waals surface area contributed by atoms with Gasteiger partial charge in [-0.3, -0.25) is 9.69 Å². The summed E-state index contributed by atoms with van der Waals surface area (Å²) in [6.07, 6.45) is 8.23. The van der Waals surface area contributed by atoms with Crippen LogP contribution in [0.25, 0.3) is 0 Å². The van der Waals surface area contributed by atoms with Crippen LogP contribution in [0.4, 0.5) is 21.9 Å². The van der Waals surface area contributed by atoms with Gasteiger partial charge in [0.15, 0.2) is 11.5 Å². The van der Waals surface area contributed by atoms with E-state index in [1.165, 1.54) is 11.8 Å². The number of thioether (sulfide) groups is 2. The first-order chi connectivity index (χ1) is 18.5. The zero-order valence-electron chi connectivity index (χ0n) is 20.5. The molecule has 2 aliphatic heterocycles. The number of rotatable bonds is 5. The highest BCUT2D eigenvalue weighted by molar-refractivity contribution is 8.00. The first-order valence-electron chi connectivity index (χ1n) is 12.2. The highest BCUT2D eigenvalue weighted by Crippen LogP contribution is 2.43. The Bertz CT molecular complexity index is 1460. The summed E-state index contributed by atoms with van der Waals surface area (Å²) in [7, 11) is 0. The van der Waals surface area contributed by atoms with Crippen LogP contribution in [0.2, 0.25) is 0 Å². The van der Waals surface area contributed by atoms with Crippen LogP contribution in [-0.2, 0) is 4.79 Å². The molecule has 192 valence electrons. The lowest BCUT2D eigenvalue weighted by atomic mass is 10.1. The largest absolute Gasteiger partial charge is 0.454 e. The highest BCUT2D eigenvalue weighted by Gasteiger charge is 2.36. The topological polar surface area (TPSA) is 79.9 Å². The van der Waals surface area contributed by atoms with Crippen molar-refractivity contribution in [3.05, 3.63) is 91.0 Å². The second-order valence-electron chi connectivity index (χ2n) is 8.96. The van der Waals surface area contributed by atoms with E-state index in [9.17, 15) is 9.59 Å². The molecule has 3 unspecified atom stereocenters. The number of hydrogen-bond donors (Lipinski definition) is 2. The summed E-state index contributed by atoms with van der Waals surface area (Å²) in [6.45, 7) is 2.04. The number of urea groups is 1. The number of carbonyl (C=O) groups excluding carboxylic acids is 2. The predicted molar refractivity (Wildman–Crippen MR) is 153 cm³/mol. The summed E-state index contributed by atoms with van der Waals surface area (Å²) in [5.41, 5.74) is 2.22. The van der Waals surface area contributed by atoms with E-state index in [2.05, 4.69) is 28.9 Å². The van der Waals surface area contributed by atoms with Crippen LogP contribution in [0, 0.1) is 0 Å². The van der Waals surface area contributed by atoms with Crippen molar-refractivity contribution >= 4 is 52.5 Å². The van der Waals surface area contributed by atoms with E-state index in [0.717, 1.165) is 15.5 Å². The van der Waals surface area contributed by atoms with Crippen molar-refractivity contribution in [1.29, 1.82) is 0 Å². The molecule has 0 spiro atoms. The van der Waals surface area contributed by atoms with Gasteiger partial charge < -0.3 is 20.1 Å². The van der Waals surface area contributed by atoms with Gasteiger partial charge in [0.25, 0.3) is 0 Å². The number of ether oxygens (including phenoxy) is 2. The number of para-hydroxylation sites is 1. The minimum atomic E-state index is -0.364. The smallest absolute Gasteiger partial charge is 0.326 e. The molecule has 3 amide bonds. The van der Waals surface area contributed by atoms with Gasteiger partial charge in [-0.05, 0) is 49.4 Å². The molecule has 1 aliphatic carbocycles. The molecule has 3 aromatic carbocycles. The first kappa shape index (κ1) is 24.5. The van der Waals surface area contributed by atoms with E-state index < -0.39 is 0 Å². The second-order valence-corrected chi connectivity index (χ2v) is 11.6. The fourth-order valence-corrected chi connectivity index (χ4v) is 6.72. The lowest BCUT2D eigenvalue weighted by Gasteiger charge is -2.40. The van der Waals surface area contributed by atoms with Crippen molar-refractivity contribution in [2.75, 3.05) is 22.3 Å². The molecule has 0 radical (unpaired) electrons. The predicted octanol–water partition coefficient (Wildman–Crippen LogP) is 6.54. The zero-order valence-corrected chi connectivity index (χ0v) is 22.1. The Kier molecular flexibility index (Phi) is 6.78. The minimum absolute atomic E-state index is 0.0719. The molecule has 2 heterocycles. The molecule has 3 aliphatic rings. The number of hydrogen-bond acceptors (Lipinski definition) is 6. The van der Waals surface area contributed by atoms with Crippen molar-refractivity contribution in [2.24, 2.45) is 0 Å². The van der Waals surface area contributed by atoms with Crippen LogP contribution in [-0.4, -0.2) is 35.3 Å². The molecule has 7 nitrogen and oxygen atoms in total. The van der Waals surface area contributed by atoms with Crippen LogP contribution >= 0.6 is 23.5 Å². The van der Waals surface area contributed by atoms with E-state index in [-0.39, 0.29) is 35.3 Å². The molecule has 0 fully saturated rings. The fourth-order valence-electron chi connectivity index (χ4n) is 4.53. The number of nitrogens with one attached hydrogen (secondary N) is 2. The summed E-state index contributed by atoms with van der Waals surface area (Å²) in [4.78, 5) is 30.2. The molecule has 2 N–H and O–H groups in total. The Balaban J connectivity index is 1.13. The lowest BCUT2D eigenvalue weighted by Crippen LogP contribution is -2.49.